The number of hydrogen-bond acceptors (Lipinski definition) is 2. The van der Waals surface area contributed by atoms with E-state index in [4.69, 9.17) is 0 Å². The van der Waals surface area contributed by atoms with Crippen molar-refractivity contribution in [3.63, 3.8) is 0 Å². The van der Waals surface area contributed by atoms with Gasteiger partial charge >= 0.3 is 0 Å². The minimum atomic E-state index is -1.70. The zero-order chi connectivity index (χ0) is 12.4. The Morgan fingerprint density at radius 2 is 1.06 bits per heavy atom. The molecule has 0 spiro atoms. The predicted molar refractivity (Wildman–Crippen MR) is 63.2 cm³/mol. The van der Waals surface area contributed by atoms with Gasteiger partial charge in [0.05, 0.1) is 0 Å². The Kier molecular flexibility index (Phi) is 4.25. The fourth-order valence-corrected chi connectivity index (χ4v) is 3.81. The van der Waals surface area contributed by atoms with Crippen molar-refractivity contribution >= 4 is 23.5 Å². The average Bonchev–Trinajstić information content (AvgIpc) is 2.45. The molecule has 0 saturated heterocycles. The van der Waals surface area contributed by atoms with Crippen LogP contribution in [-0.4, -0.2) is 11.5 Å². The molecule has 6 heteroatoms. The van der Waals surface area contributed by atoms with Gasteiger partial charge in [0.15, 0.2) is 23.3 Å². The molecular formula is C11H10F4S2. The summed E-state index contributed by atoms with van der Waals surface area (Å²) in [4.78, 5) is 0. The molecule has 1 aromatic carbocycles. The van der Waals surface area contributed by atoms with Crippen LogP contribution in [0.15, 0.2) is 0 Å². The second-order valence-corrected chi connectivity index (χ2v) is 5.88. The van der Waals surface area contributed by atoms with Crippen LogP contribution in [0.5, 0.6) is 0 Å². The minimum Gasteiger partial charge on any atom is -0.203 e. The van der Waals surface area contributed by atoms with Crippen molar-refractivity contribution in [2.45, 2.75) is 17.9 Å². The lowest BCUT2D eigenvalue weighted by molar-refractivity contribution is 0.402. The Labute approximate surface area is 105 Å². The zero-order valence-corrected chi connectivity index (χ0v) is 10.5. The van der Waals surface area contributed by atoms with Crippen molar-refractivity contribution in [1.29, 1.82) is 0 Å². The van der Waals surface area contributed by atoms with E-state index >= 15 is 0 Å². The Hall–Kier alpha value is -0.360. The standard InChI is InChI=1S/C11H10F4S2/c12-8-6-4-16-2-1-3-17-5-7(6)9(13)11(15)10(8)14/h1-5H2. The van der Waals surface area contributed by atoms with Crippen molar-refractivity contribution in [2.24, 2.45) is 0 Å². The summed E-state index contributed by atoms with van der Waals surface area (Å²) < 4.78 is 53.4. The summed E-state index contributed by atoms with van der Waals surface area (Å²) in [7, 11) is 0. The second-order valence-electron chi connectivity index (χ2n) is 3.67. The summed E-state index contributed by atoms with van der Waals surface area (Å²) in [5, 5.41) is 0. The number of thioether (sulfide) groups is 2. The molecule has 0 nitrogen and oxygen atoms in total. The van der Waals surface area contributed by atoms with Crippen molar-refractivity contribution in [2.75, 3.05) is 11.5 Å². The van der Waals surface area contributed by atoms with Crippen LogP contribution >= 0.6 is 23.5 Å². The Balaban J connectivity index is 2.52. The Morgan fingerprint density at radius 1 is 0.647 bits per heavy atom. The normalized spacial score (nSPS) is 16.9. The number of fused-ring (bicyclic) bond motifs is 1. The van der Waals surface area contributed by atoms with Crippen LogP contribution in [-0.2, 0) is 11.5 Å². The molecule has 0 fully saturated rings. The third-order valence-electron chi connectivity index (χ3n) is 2.54. The van der Waals surface area contributed by atoms with Gasteiger partial charge in [0.25, 0.3) is 0 Å². The van der Waals surface area contributed by atoms with E-state index in [2.05, 4.69) is 0 Å². The van der Waals surface area contributed by atoms with Crippen molar-refractivity contribution in [3.8, 4) is 0 Å². The highest BCUT2D eigenvalue weighted by atomic mass is 32.2. The van der Waals surface area contributed by atoms with Crippen molar-refractivity contribution in [1.82, 2.24) is 0 Å². The van der Waals surface area contributed by atoms with Crippen LogP contribution in [0.1, 0.15) is 17.5 Å². The highest BCUT2D eigenvalue weighted by Gasteiger charge is 2.25. The number of hydrogen-bond donors (Lipinski definition) is 0. The van der Waals surface area contributed by atoms with Crippen molar-refractivity contribution < 1.29 is 17.6 Å². The van der Waals surface area contributed by atoms with Crippen LogP contribution in [0.25, 0.3) is 0 Å². The summed E-state index contributed by atoms with van der Waals surface area (Å²) in [6.45, 7) is 0. The summed E-state index contributed by atoms with van der Waals surface area (Å²) in [5.74, 6) is -3.88. The first-order valence-electron chi connectivity index (χ1n) is 5.12. The molecule has 2 rings (SSSR count). The van der Waals surface area contributed by atoms with Gasteiger partial charge in [-0.25, -0.2) is 17.6 Å². The molecule has 1 aliphatic heterocycles. The smallest absolute Gasteiger partial charge is 0.197 e. The van der Waals surface area contributed by atoms with E-state index in [9.17, 15) is 17.6 Å². The molecule has 17 heavy (non-hydrogen) atoms. The van der Waals surface area contributed by atoms with Crippen LogP contribution in [0, 0.1) is 23.3 Å². The fourth-order valence-electron chi connectivity index (χ4n) is 1.64. The highest BCUT2D eigenvalue weighted by Crippen LogP contribution is 2.31. The summed E-state index contributed by atoms with van der Waals surface area (Å²) >= 11 is 2.83. The van der Waals surface area contributed by atoms with Crippen LogP contribution in [0.4, 0.5) is 17.6 Å². The molecule has 0 atom stereocenters. The molecule has 1 aromatic rings. The molecule has 1 heterocycles. The quantitative estimate of drug-likeness (QED) is 0.399. The molecule has 0 amide bonds. The molecule has 0 N–H and O–H groups in total. The topological polar surface area (TPSA) is 0 Å². The lowest BCUT2D eigenvalue weighted by Crippen LogP contribution is -2.07. The minimum absolute atomic E-state index is 0.0270. The van der Waals surface area contributed by atoms with E-state index in [0.717, 1.165) is 17.9 Å². The number of benzene rings is 1. The van der Waals surface area contributed by atoms with Gasteiger partial charge in [-0.3, -0.25) is 0 Å². The first kappa shape index (κ1) is 13.1. The van der Waals surface area contributed by atoms with E-state index in [1.807, 2.05) is 0 Å². The molecule has 0 radical (unpaired) electrons. The first-order chi connectivity index (χ1) is 8.13. The molecule has 0 aromatic heterocycles. The molecular weight excluding hydrogens is 272 g/mol. The molecule has 0 aliphatic carbocycles. The summed E-state index contributed by atoms with van der Waals surface area (Å²) in [5.41, 5.74) is -0.0541. The maximum absolute atomic E-state index is 13.6. The van der Waals surface area contributed by atoms with Crippen LogP contribution < -0.4 is 0 Å². The van der Waals surface area contributed by atoms with E-state index in [0.29, 0.717) is 0 Å². The van der Waals surface area contributed by atoms with Gasteiger partial charge in [-0.15, -0.1) is 0 Å². The number of rotatable bonds is 0. The maximum Gasteiger partial charge on any atom is 0.197 e. The molecule has 1 aliphatic rings. The largest absolute Gasteiger partial charge is 0.203 e. The fraction of sp³-hybridized carbons (Fsp3) is 0.455. The van der Waals surface area contributed by atoms with E-state index in [-0.39, 0.29) is 22.6 Å². The molecule has 94 valence electrons. The Morgan fingerprint density at radius 3 is 1.47 bits per heavy atom. The van der Waals surface area contributed by atoms with E-state index in [1.165, 1.54) is 23.5 Å². The molecule has 0 bridgehead atoms. The predicted octanol–water partition coefficient (Wildman–Crippen LogP) is 4.11. The number of halogens is 4. The third-order valence-corrected chi connectivity index (χ3v) is 4.68. The average molecular weight is 282 g/mol. The first-order valence-corrected chi connectivity index (χ1v) is 7.43. The summed E-state index contributed by atoms with van der Waals surface area (Å²) in [6, 6.07) is 0. The van der Waals surface area contributed by atoms with E-state index in [1.54, 1.807) is 0 Å². The van der Waals surface area contributed by atoms with Crippen LogP contribution in [0.2, 0.25) is 0 Å². The lowest BCUT2D eigenvalue weighted by Gasteiger charge is -2.11. The van der Waals surface area contributed by atoms with E-state index < -0.39 is 23.3 Å². The maximum atomic E-state index is 13.6. The van der Waals surface area contributed by atoms with Gasteiger partial charge in [0.1, 0.15) is 0 Å². The molecule has 0 saturated carbocycles. The van der Waals surface area contributed by atoms with Gasteiger partial charge in [-0.2, -0.15) is 23.5 Å². The van der Waals surface area contributed by atoms with Gasteiger partial charge < -0.3 is 0 Å². The van der Waals surface area contributed by atoms with Crippen LogP contribution in [0.3, 0.4) is 0 Å². The summed E-state index contributed by atoms with van der Waals surface area (Å²) in [6.07, 6.45) is 0.928. The lowest BCUT2D eigenvalue weighted by atomic mass is 10.1. The monoisotopic (exact) mass is 282 g/mol. The highest BCUT2D eigenvalue weighted by molar-refractivity contribution is 7.99. The Bertz CT molecular complexity index is 395. The molecule has 0 unspecified atom stereocenters. The zero-order valence-electron chi connectivity index (χ0n) is 8.86. The SMILES string of the molecule is Fc1c(F)c(F)c2c(c1F)CSCCCSC2. The third kappa shape index (κ3) is 2.57. The van der Waals surface area contributed by atoms with Gasteiger partial charge in [-0.1, -0.05) is 0 Å². The van der Waals surface area contributed by atoms with Gasteiger partial charge in [-0.05, 0) is 17.9 Å². The van der Waals surface area contributed by atoms with Gasteiger partial charge in [0.2, 0.25) is 0 Å². The van der Waals surface area contributed by atoms with Crippen molar-refractivity contribution in [3.05, 3.63) is 34.4 Å². The van der Waals surface area contributed by atoms with Gasteiger partial charge in [0, 0.05) is 22.6 Å². The second kappa shape index (κ2) is 5.52.